The molecule has 0 saturated heterocycles. The molecule has 2 rings (SSSR count). The van der Waals surface area contributed by atoms with Crippen LogP contribution in [0.1, 0.15) is 19.0 Å². The molecule has 0 fully saturated rings. The highest BCUT2D eigenvalue weighted by atomic mass is 32.1. The van der Waals surface area contributed by atoms with Gasteiger partial charge in [0.05, 0.1) is 11.4 Å². The molecule has 0 aliphatic rings. The van der Waals surface area contributed by atoms with Gasteiger partial charge < -0.3 is 5.32 Å². The van der Waals surface area contributed by atoms with Gasteiger partial charge in [0.25, 0.3) is 0 Å². The molecular formula is C11H16N4S. The van der Waals surface area contributed by atoms with Crippen molar-refractivity contribution in [2.24, 2.45) is 7.05 Å². The molecule has 0 radical (unpaired) electrons. The van der Waals surface area contributed by atoms with Gasteiger partial charge in [-0.15, -0.1) is 11.3 Å². The maximum absolute atomic E-state index is 4.58. The summed E-state index contributed by atoms with van der Waals surface area (Å²) in [5, 5.41) is 10.6. The van der Waals surface area contributed by atoms with Gasteiger partial charge >= 0.3 is 0 Å². The van der Waals surface area contributed by atoms with Crippen LogP contribution in [0.5, 0.6) is 0 Å². The van der Waals surface area contributed by atoms with E-state index in [1.807, 2.05) is 17.8 Å². The molecular weight excluding hydrogens is 220 g/mol. The highest BCUT2D eigenvalue weighted by molar-refractivity contribution is 7.13. The summed E-state index contributed by atoms with van der Waals surface area (Å²) in [5.74, 6) is 0. The van der Waals surface area contributed by atoms with Gasteiger partial charge in [0, 0.05) is 25.2 Å². The van der Waals surface area contributed by atoms with E-state index in [-0.39, 0.29) is 0 Å². The summed E-state index contributed by atoms with van der Waals surface area (Å²) in [6.07, 6.45) is 2.95. The lowest BCUT2D eigenvalue weighted by atomic mass is 10.4. The third-order valence-corrected chi connectivity index (χ3v) is 3.24. The lowest BCUT2D eigenvalue weighted by molar-refractivity contribution is 0.667. The van der Waals surface area contributed by atoms with Crippen molar-refractivity contribution in [1.82, 2.24) is 20.1 Å². The molecule has 0 unspecified atom stereocenters. The Morgan fingerprint density at radius 3 is 3.06 bits per heavy atom. The summed E-state index contributed by atoms with van der Waals surface area (Å²) in [7, 11) is 1.94. The van der Waals surface area contributed by atoms with Crippen LogP contribution >= 0.6 is 11.3 Å². The first-order valence-electron chi connectivity index (χ1n) is 5.44. The monoisotopic (exact) mass is 236 g/mol. The van der Waals surface area contributed by atoms with Crippen molar-refractivity contribution in [3.05, 3.63) is 23.3 Å². The van der Waals surface area contributed by atoms with Crippen LogP contribution < -0.4 is 5.32 Å². The summed E-state index contributed by atoms with van der Waals surface area (Å²) < 4.78 is 1.85. The molecule has 86 valence electrons. The molecule has 0 aliphatic heterocycles. The van der Waals surface area contributed by atoms with Crippen LogP contribution in [0.25, 0.3) is 10.7 Å². The molecule has 1 N–H and O–H groups in total. The zero-order chi connectivity index (χ0) is 11.4. The van der Waals surface area contributed by atoms with Crippen LogP contribution in [0, 0.1) is 0 Å². The number of thiazole rings is 1. The normalized spacial score (nSPS) is 10.9. The molecule has 0 aromatic carbocycles. The van der Waals surface area contributed by atoms with E-state index < -0.39 is 0 Å². The molecule has 0 atom stereocenters. The molecule has 16 heavy (non-hydrogen) atoms. The molecule has 2 aromatic heterocycles. The molecule has 4 nitrogen and oxygen atoms in total. The zero-order valence-corrected chi connectivity index (χ0v) is 10.4. The summed E-state index contributed by atoms with van der Waals surface area (Å²) >= 11 is 1.67. The minimum atomic E-state index is 0.849. The Hall–Kier alpha value is -1.20. The van der Waals surface area contributed by atoms with Crippen LogP contribution in [0.15, 0.2) is 17.6 Å². The molecule has 0 spiro atoms. The molecule has 0 aliphatic carbocycles. The van der Waals surface area contributed by atoms with Crippen molar-refractivity contribution in [3.63, 3.8) is 0 Å². The molecule has 2 aromatic rings. The smallest absolute Gasteiger partial charge is 0.141 e. The van der Waals surface area contributed by atoms with E-state index in [9.17, 15) is 0 Å². The van der Waals surface area contributed by atoms with Gasteiger partial charge in [-0.2, -0.15) is 5.10 Å². The van der Waals surface area contributed by atoms with Gasteiger partial charge in [-0.25, -0.2) is 4.98 Å². The number of rotatable bonds is 5. The fourth-order valence-electron chi connectivity index (χ4n) is 1.48. The van der Waals surface area contributed by atoms with Gasteiger partial charge in [-0.3, -0.25) is 4.68 Å². The topological polar surface area (TPSA) is 42.7 Å². The minimum absolute atomic E-state index is 0.849. The number of nitrogens with one attached hydrogen (secondary N) is 1. The Balaban J connectivity index is 2.05. The standard InChI is InChI=1S/C11H16N4S/c1-3-5-12-7-9-8-16-11(14-9)10-4-6-13-15(10)2/h4,6,8,12H,3,5,7H2,1-2H3. The van der Waals surface area contributed by atoms with Crippen molar-refractivity contribution in [2.45, 2.75) is 19.9 Å². The lowest BCUT2D eigenvalue weighted by Gasteiger charge is -1.98. The number of nitrogens with zero attached hydrogens (tertiary/aromatic N) is 3. The maximum atomic E-state index is 4.58. The average Bonchev–Trinajstić information content (AvgIpc) is 2.87. The van der Waals surface area contributed by atoms with Gasteiger partial charge in [0.2, 0.25) is 0 Å². The molecule has 5 heteroatoms. The fourth-order valence-corrected chi connectivity index (χ4v) is 2.36. The highest BCUT2D eigenvalue weighted by Gasteiger charge is 2.07. The predicted octanol–water partition coefficient (Wildman–Crippen LogP) is 2.04. The van der Waals surface area contributed by atoms with E-state index in [2.05, 4.69) is 27.7 Å². The minimum Gasteiger partial charge on any atom is -0.311 e. The molecule has 0 bridgehead atoms. The molecule has 2 heterocycles. The Kier molecular flexibility index (Phi) is 3.69. The van der Waals surface area contributed by atoms with Crippen molar-refractivity contribution in [2.75, 3.05) is 6.54 Å². The summed E-state index contributed by atoms with van der Waals surface area (Å²) in [6.45, 7) is 4.05. The quantitative estimate of drug-likeness (QED) is 0.808. The number of aromatic nitrogens is 3. The second-order valence-electron chi connectivity index (χ2n) is 3.66. The fraction of sp³-hybridized carbons (Fsp3) is 0.455. The zero-order valence-electron chi connectivity index (χ0n) is 9.60. The molecule has 0 amide bonds. The Morgan fingerprint density at radius 1 is 1.50 bits per heavy atom. The van der Waals surface area contributed by atoms with E-state index in [0.29, 0.717) is 0 Å². The third kappa shape index (κ3) is 2.48. The number of hydrogen-bond donors (Lipinski definition) is 1. The second-order valence-corrected chi connectivity index (χ2v) is 4.52. The number of hydrogen-bond acceptors (Lipinski definition) is 4. The highest BCUT2D eigenvalue weighted by Crippen LogP contribution is 2.22. The third-order valence-electron chi connectivity index (χ3n) is 2.32. The number of aryl methyl sites for hydroxylation is 1. The van der Waals surface area contributed by atoms with Crippen LogP contribution in [-0.2, 0) is 13.6 Å². The van der Waals surface area contributed by atoms with Crippen molar-refractivity contribution < 1.29 is 0 Å². The van der Waals surface area contributed by atoms with Gasteiger partial charge in [0.1, 0.15) is 5.01 Å². The summed E-state index contributed by atoms with van der Waals surface area (Å²) in [5.41, 5.74) is 2.18. The summed E-state index contributed by atoms with van der Waals surface area (Å²) in [4.78, 5) is 4.58. The van der Waals surface area contributed by atoms with Crippen molar-refractivity contribution in [3.8, 4) is 10.7 Å². The van der Waals surface area contributed by atoms with Gasteiger partial charge in [0.15, 0.2) is 0 Å². The Labute approximate surface area is 99.3 Å². The van der Waals surface area contributed by atoms with E-state index in [4.69, 9.17) is 0 Å². The van der Waals surface area contributed by atoms with E-state index in [1.165, 1.54) is 0 Å². The Morgan fingerprint density at radius 2 is 2.38 bits per heavy atom. The lowest BCUT2D eigenvalue weighted by Crippen LogP contribution is -2.13. The average molecular weight is 236 g/mol. The molecule has 0 saturated carbocycles. The SMILES string of the molecule is CCCNCc1csc(-c2ccnn2C)n1. The van der Waals surface area contributed by atoms with E-state index in [1.54, 1.807) is 17.5 Å². The largest absolute Gasteiger partial charge is 0.311 e. The van der Waals surface area contributed by atoms with Crippen molar-refractivity contribution >= 4 is 11.3 Å². The van der Waals surface area contributed by atoms with E-state index >= 15 is 0 Å². The summed E-state index contributed by atoms with van der Waals surface area (Å²) in [6, 6.07) is 1.99. The van der Waals surface area contributed by atoms with E-state index in [0.717, 1.165) is 35.9 Å². The maximum Gasteiger partial charge on any atom is 0.141 e. The van der Waals surface area contributed by atoms with Crippen LogP contribution in [-0.4, -0.2) is 21.3 Å². The van der Waals surface area contributed by atoms with Gasteiger partial charge in [-0.05, 0) is 19.0 Å². The second kappa shape index (κ2) is 5.23. The first kappa shape index (κ1) is 11.3. The first-order chi connectivity index (χ1) is 7.81. The van der Waals surface area contributed by atoms with Crippen LogP contribution in [0.2, 0.25) is 0 Å². The first-order valence-corrected chi connectivity index (χ1v) is 6.32. The van der Waals surface area contributed by atoms with Crippen molar-refractivity contribution in [1.29, 1.82) is 0 Å². The predicted molar refractivity (Wildman–Crippen MR) is 66.3 cm³/mol. The van der Waals surface area contributed by atoms with Gasteiger partial charge in [-0.1, -0.05) is 6.92 Å². The Bertz CT molecular complexity index is 446. The van der Waals surface area contributed by atoms with Crippen LogP contribution in [0.4, 0.5) is 0 Å². The van der Waals surface area contributed by atoms with Crippen LogP contribution in [0.3, 0.4) is 0 Å².